The van der Waals surface area contributed by atoms with Crippen molar-refractivity contribution in [3.8, 4) is 0 Å². The third-order valence-electron chi connectivity index (χ3n) is 9.72. The summed E-state index contributed by atoms with van der Waals surface area (Å²) in [5, 5.41) is 0. The molecule has 0 saturated heterocycles. The molecule has 58 heavy (non-hydrogen) atoms. The van der Waals surface area contributed by atoms with Crippen LogP contribution in [-0.4, -0.2) is 44.1 Å². The number of benzene rings is 3. The standard InChI is InChI=1S/3C16H12N3.Al/c3*1-2-8-14(9-3-1)19(15-10-4-6-12-17-15)16-11-5-7-13-18-16;/h3*2-13H;. The van der Waals surface area contributed by atoms with Crippen LogP contribution >= 0.6 is 0 Å². The summed E-state index contributed by atoms with van der Waals surface area (Å²) >= 11 is -2.06. The summed E-state index contributed by atoms with van der Waals surface area (Å²) in [5.41, 5.74) is 2.92. The predicted molar refractivity (Wildman–Crippen MR) is 235 cm³/mol. The van der Waals surface area contributed by atoms with Crippen molar-refractivity contribution in [1.82, 2.24) is 29.9 Å². The molecule has 9 nitrogen and oxygen atoms in total. The predicted octanol–water partition coefficient (Wildman–Crippen LogP) is 8.98. The van der Waals surface area contributed by atoms with Gasteiger partial charge >= 0.3 is 14.1 Å². The van der Waals surface area contributed by atoms with E-state index in [1.807, 2.05) is 146 Å². The van der Waals surface area contributed by atoms with Crippen LogP contribution in [0.25, 0.3) is 0 Å². The molecule has 0 spiro atoms. The number of nitrogens with zero attached hydrogens (tertiary/aromatic N) is 9. The summed E-state index contributed by atoms with van der Waals surface area (Å²) in [6.07, 6.45) is 10.8. The van der Waals surface area contributed by atoms with Crippen molar-refractivity contribution >= 4 is 79.4 Å². The van der Waals surface area contributed by atoms with Gasteiger partial charge < -0.3 is 0 Å². The average Bonchev–Trinajstić information content (AvgIpc) is 3.30. The van der Waals surface area contributed by atoms with E-state index in [9.17, 15) is 0 Å². The SMILES string of the molecule is c1ccc(N(c2cc[c]([Al]([c]3ccc(N(c4ccccn4)c4ccccn4)cc3)[c]3ccc(N(c4ccccn4)c4ccccn4)cc3)cc2)c2ccccn2)nc1. The zero-order chi connectivity index (χ0) is 38.9. The van der Waals surface area contributed by atoms with Gasteiger partial charge in [-0.2, -0.15) is 0 Å². The van der Waals surface area contributed by atoms with Gasteiger partial charge in [-0.1, -0.05) is 86.1 Å². The number of hydrogen-bond donors (Lipinski definition) is 0. The van der Waals surface area contributed by atoms with Gasteiger partial charge in [-0.05, 0) is 109 Å². The first-order valence-electron chi connectivity index (χ1n) is 19.0. The average molecular weight is 766 g/mol. The normalized spacial score (nSPS) is 10.8. The third kappa shape index (κ3) is 7.79. The van der Waals surface area contributed by atoms with Gasteiger partial charge in [0, 0.05) is 54.2 Å². The van der Waals surface area contributed by atoms with E-state index in [4.69, 9.17) is 0 Å². The molecule has 0 amide bonds. The second-order valence-electron chi connectivity index (χ2n) is 13.3. The van der Waals surface area contributed by atoms with Crippen molar-refractivity contribution in [2.24, 2.45) is 0 Å². The van der Waals surface area contributed by atoms with Gasteiger partial charge in [0.15, 0.2) is 0 Å². The monoisotopic (exact) mass is 765 g/mol. The van der Waals surface area contributed by atoms with Crippen molar-refractivity contribution in [2.45, 2.75) is 0 Å². The van der Waals surface area contributed by atoms with E-state index in [-0.39, 0.29) is 0 Å². The van der Waals surface area contributed by atoms with Crippen LogP contribution in [0.5, 0.6) is 0 Å². The lowest BCUT2D eigenvalue weighted by Gasteiger charge is -2.25. The molecule has 9 aromatic rings. The van der Waals surface area contributed by atoms with Crippen molar-refractivity contribution in [1.29, 1.82) is 0 Å². The molecule has 276 valence electrons. The zero-order valence-electron chi connectivity index (χ0n) is 31.4. The molecule has 0 radical (unpaired) electrons. The molecule has 0 N–H and O–H groups in total. The summed E-state index contributed by atoms with van der Waals surface area (Å²) in [6.45, 7) is 0. The highest BCUT2D eigenvalue weighted by Gasteiger charge is 2.27. The summed E-state index contributed by atoms with van der Waals surface area (Å²) in [6, 6.07) is 62.1. The Hall–Kier alpha value is -7.51. The lowest BCUT2D eigenvalue weighted by molar-refractivity contribution is 1.13. The second-order valence-corrected chi connectivity index (χ2v) is 16.2. The maximum absolute atomic E-state index is 4.69. The summed E-state index contributed by atoms with van der Waals surface area (Å²) in [5.74, 6) is 4.78. The van der Waals surface area contributed by atoms with Crippen LogP contribution in [0.3, 0.4) is 0 Å². The number of pyridine rings is 6. The molecule has 3 aromatic carbocycles. The van der Waals surface area contributed by atoms with Crippen molar-refractivity contribution < 1.29 is 0 Å². The molecule has 0 fully saturated rings. The number of anilines is 9. The maximum atomic E-state index is 4.69. The molecule has 0 aliphatic carbocycles. The topological polar surface area (TPSA) is 87.1 Å². The van der Waals surface area contributed by atoms with Crippen LogP contribution < -0.4 is 28.0 Å². The van der Waals surface area contributed by atoms with Gasteiger partial charge in [0.05, 0.1) is 0 Å². The summed E-state index contributed by atoms with van der Waals surface area (Å²) in [7, 11) is 0. The Kier molecular flexibility index (Phi) is 10.7. The van der Waals surface area contributed by atoms with Gasteiger partial charge in [-0.3, -0.25) is 14.7 Å². The largest absolute Gasteiger partial charge is 0.383 e. The molecule has 10 heteroatoms. The molecular formula is C48H36AlN9. The van der Waals surface area contributed by atoms with Crippen molar-refractivity contribution in [3.05, 3.63) is 219 Å². The van der Waals surface area contributed by atoms with Crippen LogP contribution in [0.4, 0.5) is 52.0 Å². The third-order valence-corrected chi connectivity index (χ3v) is 12.9. The highest BCUT2D eigenvalue weighted by Crippen LogP contribution is 2.33. The second kappa shape index (κ2) is 17.1. The number of rotatable bonds is 12. The Morgan fingerprint density at radius 2 is 0.448 bits per heavy atom. The van der Waals surface area contributed by atoms with Crippen LogP contribution in [-0.2, 0) is 0 Å². The molecule has 0 saturated carbocycles. The van der Waals surface area contributed by atoms with Crippen LogP contribution in [0.2, 0.25) is 0 Å². The maximum Gasteiger partial charge on any atom is 0.383 e. The minimum atomic E-state index is -2.06. The molecule has 6 heterocycles. The van der Waals surface area contributed by atoms with E-state index in [2.05, 4.69) is 117 Å². The molecule has 0 unspecified atom stereocenters. The van der Waals surface area contributed by atoms with E-state index in [1.165, 1.54) is 13.3 Å². The fourth-order valence-electron chi connectivity index (χ4n) is 7.09. The molecular weight excluding hydrogens is 730 g/mol. The molecule has 6 aromatic heterocycles. The van der Waals surface area contributed by atoms with Crippen LogP contribution in [0.15, 0.2) is 219 Å². The highest BCUT2D eigenvalue weighted by atomic mass is 27.2. The lowest BCUT2D eigenvalue weighted by atomic mass is 10.2. The highest BCUT2D eigenvalue weighted by molar-refractivity contribution is 6.95. The number of hydrogen-bond acceptors (Lipinski definition) is 9. The quantitative estimate of drug-likeness (QED) is 0.113. The molecule has 0 atom stereocenters. The van der Waals surface area contributed by atoms with Gasteiger partial charge in [-0.25, -0.2) is 29.9 Å². The van der Waals surface area contributed by atoms with Crippen LogP contribution in [0, 0.1) is 0 Å². The first-order valence-corrected chi connectivity index (χ1v) is 20.7. The van der Waals surface area contributed by atoms with E-state index in [0.717, 1.165) is 52.0 Å². The fourth-order valence-corrected chi connectivity index (χ4v) is 9.97. The molecule has 0 aliphatic rings. The van der Waals surface area contributed by atoms with E-state index in [0.29, 0.717) is 0 Å². The molecule has 0 aliphatic heterocycles. The van der Waals surface area contributed by atoms with Crippen molar-refractivity contribution in [2.75, 3.05) is 14.7 Å². The van der Waals surface area contributed by atoms with Gasteiger partial charge in [0.25, 0.3) is 0 Å². The minimum Gasteiger partial charge on any atom is -0.279 e. The smallest absolute Gasteiger partial charge is 0.279 e. The van der Waals surface area contributed by atoms with E-state index >= 15 is 0 Å². The lowest BCUT2D eigenvalue weighted by Crippen LogP contribution is -2.52. The Balaban J connectivity index is 1.13. The summed E-state index contributed by atoms with van der Waals surface area (Å²) < 4.78 is 3.80. The van der Waals surface area contributed by atoms with E-state index < -0.39 is 14.1 Å². The van der Waals surface area contributed by atoms with Crippen molar-refractivity contribution in [3.63, 3.8) is 0 Å². The fraction of sp³-hybridized carbons (Fsp3) is 0. The Morgan fingerprint density at radius 3 is 0.621 bits per heavy atom. The number of aromatic nitrogens is 6. The van der Waals surface area contributed by atoms with Gasteiger partial charge in [0.1, 0.15) is 34.9 Å². The Morgan fingerprint density at radius 1 is 0.241 bits per heavy atom. The van der Waals surface area contributed by atoms with Gasteiger partial charge in [0.2, 0.25) is 0 Å². The first kappa shape index (κ1) is 36.1. The molecule has 9 rings (SSSR count). The zero-order valence-corrected chi connectivity index (χ0v) is 32.5. The van der Waals surface area contributed by atoms with Gasteiger partial charge in [-0.15, -0.1) is 0 Å². The van der Waals surface area contributed by atoms with E-state index in [1.54, 1.807) is 0 Å². The van der Waals surface area contributed by atoms with Crippen LogP contribution in [0.1, 0.15) is 0 Å². The Bertz CT molecular complexity index is 2220. The summed E-state index contributed by atoms with van der Waals surface area (Å²) in [4.78, 5) is 34.4. The Labute approximate surface area is 341 Å². The first-order chi connectivity index (χ1) is 28.8. The molecule has 0 bridgehead atoms. The minimum absolute atomic E-state index is 0.796.